The van der Waals surface area contributed by atoms with Crippen LogP contribution in [-0.4, -0.2) is 25.1 Å². The Labute approximate surface area is 156 Å². The average molecular weight is 352 g/mol. The maximum atomic E-state index is 12.4. The number of carbonyl (C=O) groups excluding carboxylic acids is 1. The number of carbonyl (C=O) groups is 1. The van der Waals surface area contributed by atoms with Gasteiger partial charge in [0.05, 0.1) is 0 Å². The van der Waals surface area contributed by atoms with E-state index in [0.717, 1.165) is 24.3 Å². The lowest BCUT2D eigenvalue weighted by Gasteiger charge is -2.23. The molecule has 0 bridgehead atoms. The Bertz CT molecular complexity index is 719. The van der Waals surface area contributed by atoms with Gasteiger partial charge in [-0.05, 0) is 68.7 Å². The molecule has 0 aliphatic carbocycles. The molecule has 26 heavy (non-hydrogen) atoms. The first-order valence-corrected chi connectivity index (χ1v) is 9.51. The van der Waals surface area contributed by atoms with Crippen molar-refractivity contribution in [3.63, 3.8) is 0 Å². The van der Waals surface area contributed by atoms with E-state index in [9.17, 15) is 4.79 Å². The van der Waals surface area contributed by atoms with Crippen molar-refractivity contribution in [2.75, 3.05) is 23.3 Å². The molecule has 138 valence electrons. The van der Waals surface area contributed by atoms with Gasteiger partial charge in [-0.1, -0.05) is 25.0 Å². The van der Waals surface area contributed by atoms with Crippen LogP contribution in [0.1, 0.15) is 38.2 Å². The highest BCUT2D eigenvalue weighted by Crippen LogP contribution is 2.22. The third kappa shape index (κ3) is 5.01. The van der Waals surface area contributed by atoms with Crippen LogP contribution < -0.4 is 15.0 Å². The van der Waals surface area contributed by atoms with Crippen LogP contribution in [-0.2, 0) is 4.79 Å². The SMILES string of the molecule is Cc1cccc(O[C@H](C)C(=O)Nc2ccc(N3CCCCCC3)cc2)c1. The van der Waals surface area contributed by atoms with Gasteiger partial charge in [0.15, 0.2) is 6.10 Å². The summed E-state index contributed by atoms with van der Waals surface area (Å²) >= 11 is 0. The zero-order valence-corrected chi connectivity index (χ0v) is 15.7. The van der Waals surface area contributed by atoms with E-state index in [0.29, 0.717) is 5.75 Å². The van der Waals surface area contributed by atoms with Crippen molar-refractivity contribution in [1.29, 1.82) is 0 Å². The first-order chi connectivity index (χ1) is 12.6. The fourth-order valence-electron chi connectivity index (χ4n) is 3.27. The molecule has 0 aromatic heterocycles. The number of nitrogens with zero attached hydrogens (tertiary/aromatic N) is 1. The highest BCUT2D eigenvalue weighted by molar-refractivity contribution is 5.94. The number of aryl methyl sites for hydroxylation is 1. The molecule has 0 unspecified atom stereocenters. The van der Waals surface area contributed by atoms with Crippen LogP contribution in [0.4, 0.5) is 11.4 Å². The van der Waals surface area contributed by atoms with Gasteiger partial charge in [-0.3, -0.25) is 4.79 Å². The smallest absolute Gasteiger partial charge is 0.265 e. The van der Waals surface area contributed by atoms with Gasteiger partial charge in [-0.15, -0.1) is 0 Å². The second-order valence-corrected chi connectivity index (χ2v) is 7.01. The molecule has 3 rings (SSSR count). The molecule has 1 fully saturated rings. The largest absolute Gasteiger partial charge is 0.481 e. The maximum absolute atomic E-state index is 12.4. The van der Waals surface area contributed by atoms with Gasteiger partial charge in [-0.2, -0.15) is 0 Å². The maximum Gasteiger partial charge on any atom is 0.265 e. The zero-order chi connectivity index (χ0) is 18.4. The minimum absolute atomic E-state index is 0.144. The minimum atomic E-state index is -0.554. The number of benzene rings is 2. The van der Waals surface area contributed by atoms with Gasteiger partial charge in [0.2, 0.25) is 0 Å². The summed E-state index contributed by atoms with van der Waals surface area (Å²) in [5, 5.41) is 2.94. The monoisotopic (exact) mass is 352 g/mol. The summed E-state index contributed by atoms with van der Waals surface area (Å²) in [6.07, 6.45) is 4.60. The van der Waals surface area contributed by atoms with Crippen LogP contribution in [0, 0.1) is 6.92 Å². The van der Waals surface area contributed by atoms with Crippen molar-refractivity contribution in [2.45, 2.75) is 45.6 Å². The van der Waals surface area contributed by atoms with E-state index >= 15 is 0 Å². The third-order valence-corrected chi connectivity index (χ3v) is 4.78. The van der Waals surface area contributed by atoms with Crippen molar-refractivity contribution in [3.05, 3.63) is 54.1 Å². The van der Waals surface area contributed by atoms with Crippen LogP contribution in [0.15, 0.2) is 48.5 Å². The molecule has 2 aromatic rings. The molecule has 1 N–H and O–H groups in total. The topological polar surface area (TPSA) is 41.6 Å². The minimum Gasteiger partial charge on any atom is -0.481 e. The van der Waals surface area contributed by atoms with Gasteiger partial charge >= 0.3 is 0 Å². The molecule has 1 atom stereocenters. The average Bonchev–Trinajstić information content (AvgIpc) is 2.92. The van der Waals surface area contributed by atoms with E-state index in [2.05, 4.69) is 22.3 Å². The summed E-state index contributed by atoms with van der Waals surface area (Å²) in [5.74, 6) is 0.568. The van der Waals surface area contributed by atoms with E-state index in [-0.39, 0.29) is 5.91 Å². The Morgan fingerprint density at radius 2 is 1.73 bits per heavy atom. The fourth-order valence-corrected chi connectivity index (χ4v) is 3.27. The number of hydrogen-bond donors (Lipinski definition) is 1. The number of nitrogens with one attached hydrogen (secondary N) is 1. The summed E-state index contributed by atoms with van der Waals surface area (Å²) < 4.78 is 5.74. The van der Waals surface area contributed by atoms with E-state index in [4.69, 9.17) is 4.74 Å². The zero-order valence-electron chi connectivity index (χ0n) is 15.7. The molecule has 0 saturated carbocycles. The number of amides is 1. The highest BCUT2D eigenvalue weighted by atomic mass is 16.5. The molecule has 4 heteroatoms. The second kappa shape index (κ2) is 8.75. The molecule has 0 radical (unpaired) electrons. The lowest BCUT2D eigenvalue weighted by Crippen LogP contribution is -2.30. The van der Waals surface area contributed by atoms with E-state index in [1.54, 1.807) is 6.92 Å². The Hall–Kier alpha value is -2.49. The van der Waals surface area contributed by atoms with Crippen LogP contribution >= 0.6 is 0 Å². The third-order valence-electron chi connectivity index (χ3n) is 4.78. The lowest BCUT2D eigenvalue weighted by molar-refractivity contribution is -0.122. The van der Waals surface area contributed by atoms with Crippen molar-refractivity contribution >= 4 is 17.3 Å². The fraction of sp³-hybridized carbons (Fsp3) is 0.409. The van der Waals surface area contributed by atoms with E-state index in [1.807, 2.05) is 43.3 Å². The predicted octanol–water partition coefficient (Wildman–Crippen LogP) is 4.78. The molecule has 1 saturated heterocycles. The molecule has 4 nitrogen and oxygen atoms in total. The molecular weight excluding hydrogens is 324 g/mol. The molecule has 1 heterocycles. The number of rotatable bonds is 5. The Morgan fingerprint density at radius 3 is 2.38 bits per heavy atom. The predicted molar refractivity (Wildman–Crippen MR) is 107 cm³/mol. The molecule has 0 spiro atoms. The summed E-state index contributed by atoms with van der Waals surface area (Å²) in [6.45, 7) is 6.01. The molecule has 2 aromatic carbocycles. The quantitative estimate of drug-likeness (QED) is 0.842. The van der Waals surface area contributed by atoms with Gasteiger partial charge < -0.3 is 15.0 Å². The molecule has 1 amide bonds. The van der Waals surface area contributed by atoms with Crippen molar-refractivity contribution in [1.82, 2.24) is 0 Å². The molecule has 1 aliphatic rings. The van der Waals surface area contributed by atoms with Crippen LogP contribution in [0.2, 0.25) is 0 Å². The Balaban J connectivity index is 1.56. The van der Waals surface area contributed by atoms with Crippen molar-refractivity contribution in [2.24, 2.45) is 0 Å². The summed E-state index contributed by atoms with van der Waals surface area (Å²) in [4.78, 5) is 14.8. The van der Waals surface area contributed by atoms with Crippen LogP contribution in [0.25, 0.3) is 0 Å². The summed E-state index contributed by atoms with van der Waals surface area (Å²) in [6, 6.07) is 15.8. The first-order valence-electron chi connectivity index (χ1n) is 9.51. The van der Waals surface area contributed by atoms with Crippen LogP contribution in [0.3, 0.4) is 0 Å². The Morgan fingerprint density at radius 1 is 1.04 bits per heavy atom. The second-order valence-electron chi connectivity index (χ2n) is 7.01. The van der Waals surface area contributed by atoms with Gasteiger partial charge in [0.25, 0.3) is 5.91 Å². The van der Waals surface area contributed by atoms with Gasteiger partial charge in [0.1, 0.15) is 5.75 Å². The normalized spacial score (nSPS) is 15.8. The summed E-state index contributed by atoms with van der Waals surface area (Å²) in [5.41, 5.74) is 3.14. The van der Waals surface area contributed by atoms with Gasteiger partial charge in [-0.25, -0.2) is 0 Å². The lowest BCUT2D eigenvalue weighted by atomic mass is 10.2. The van der Waals surface area contributed by atoms with Crippen LogP contribution in [0.5, 0.6) is 5.75 Å². The molecule has 1 aliphatic heterocycles. The first kappa shape index (κ1) is 18.3. The van der Waals surface area contributed by atoms with Crippen molar-refractivity contribution < 1.29 is 9.53 Å². The summed E-state index contributed by atoms with van der Waals surface area (Å²) in [7, 11) is 0. The van der Waals surface area contributed by atoms with Gasteiger partial charge in [0, 0.05) is 24.5 Å². The highest BCUT2D eigenvalue weighted by Gasteiger charge is 2.15. The Kier molecular flexibility index (Phi) is 6.16. The standard InChI is InChI=1S/C22H28N2O2/c1-17-8-7-9-21(16-17)26-18(2)22(25)23-19-10-12-20(13-11-19)24-14-5-3-4-6-15-24/h7-13,16,18H,3-6,14-15H2,1-2H3,(H,23,25)/t18-/m1/s1. The number of ether oxygens (including phenoxy) is 1. The number of anilines is 2. The number of hydrogen-bond acceptors (Lipinski definition) is 3. The van der Waals surface area contributed by atoms with Crippen molar-refractivity contribution in [3.8, 4) is 5.75 Å². The van der Waals surface area contributed by atoms with E-state index < -0.39 is 6.10 Å². The molecular formula is C22H28N2O2. The van der Waals surface area contributed by atoms with E-state index in [1.165, 1.54) is 31.4 Å².